The van der Waals surface area contributed by atoms with Crippen LogP contribution in [0, 0.1) is 5.41 Å². The number of methoxy groups -OCH3 is 2. The van der Waals surface area contributed by atoms with Gasteiger partial charge >= 0.3 is 0 Å². The largest absolute Gasteiger partial charge is 0.383 e. The highest BCUT2D eigenvalue weighted by molar-refractivity contribution is 5.86. The second-order valence-electron chi connectivity index (χ2n) is 3.96. The first-order valence-corrected chi connectivity index (χ1v) is 6.17. The van der Waals surface area contributed by atoms with Gasteiger partial charge in [0.05, 0.1) is 0 Å². The normalized spacial score (nSPS) is 10.3. The summed E-state index contributed by atoms with van der Waals surface area (Å²) in [7, 11) is 2.91. The Morgan fingerprint density at radius 2 is 1.20 bits per heavy atom. The van der Waals surface area contributed by atoms with E-state index in [0.29, 0.717) is 5.56 Å². The van der Waals surface area contributed by atoms with Crippen LogP contribution in [-0.2, 0) is 15.3 Å². The van der Waals surface area contributed by atoms with E-state index in [1.54, 1.807) is 12.1 Å². The second kappa shape index (κ2) is 8.09. The summed E-state index contributed by atoms with van der Waals surface area (Å²) in [5, 5.41) is 7.46. The summed E-state index contributed by atoms with van der Waals surface area (Å²) in [5.41, 5.74) is 6.16. The van der Waals surface area contributed by atoms with Crippen LogP contribution in [0.15, 0.2) is 66.7 Å². The lowest BCUT2D eigenvalue weighted by Crippen LogP contribution is -2.44. The molecular formula is C16H20N2O2. The number of nitrogens with two attached hydrogens (primary N) is 1. The van der Waals surface area contributed by atoms with Crippen molar-refractivity contribution in [1.82, 2.24) is 0 Å². The van der Waals surface area contributed by atoms with Gasteiger partial charge in [-0.05, 0) is 0 Å². The Kier molecular flexibility index (Phi) is 6.43. The Morgan fingerprint density at radius 3 is 1.50 bits per heavy atom. The third-order valence-electron chi connectivity index (χ3n) is 2.75. The second-order valence-corrected chi connectivity index (χ2v) is 3.96. The van der Waals surface area contributed by atoms with Gasteiger partial charge in [0.25, 0.3) is 5.79 Å². The van der Waals surface area contributed by atoms with E-state index >= 15 is 0 Å². The summed E-state index contributed by atoms with van der Waals surface area (Å²) in [5.74, 6) is -1.44. The van der Waals surface area contributed by atoms with Gasteiger partial charge in [-0.15, -0.1) is 0 Å². The summed E-state index contributed by atoms with van der Waals surface area (Å²) in [6.45, 7) is 0. The van der Waals surface area contributed by atoms with Crippen molar-refractivity contribution < 1.29 is 9.47 Å². The quantitative estimate of drug-likeness (QED) is 0.511. The van der Waals surface area contributed by atoms with Crippen molar-refractivity contribution in [3.63, 3.8) is 0 Å². The zero-order valence-corrected chi connectivity index (χ0v) is 11.7. The fourth-order valence-corrected chi connectivity index (χ4v) is 1.74. The van der Waals surface area contributed by atoms with Gasteiger partial charge < -0.3 is 15.2 Å². The van der Waals surface area contributed by atoms with Crippen molar-refractivity contribution in [3.05, 3.63) is 72.3 Å². The molecule has 0 unspecified atom stereocenters. The molecule has 4 nitrogen and oxygen atoms in total. The highest BCUT2D eigenvalue weighted by Crippen LogP contribution is 2.25. The fourth-order valence-electron chi connectivity index (χ4n) is 1.74. The zero-order chi connectivity index (χ0) is 14.8. The summed E-state index contributed by atoms with van der Waals surface area (Å²) in [4.78, 5) is 0. The number of benzene rings is 2. The molecule has 0 bridgehead atoms. The maximum Gasteiger partial charge on any atom is 0.254 e. The first-order chi connectivity index (χ1) is 9.67. The maximum absolute atomic E-state index is 7.46. The van der Waals surface area contributed by atoms with Gasteiger partial charge in [-0.25, -0.2) is 0 Å². The Hall–Kier alpha value is -2.17. The van der Waals surface area contributed by atoms with Crippen molar-refractivity contribution in [2.75, 3.05) is 14.2 Å². The standard InChI is InChI=1S/C10H14N2O2.C6H6/c1-13-10(14-2,9(11)12)8-6-4-3-5-7-8;1-2-4-6-5-3-1/h3-7H,1-2H3,(H3,11,12);1-6H. The van der Waals surface area contributed by atoms with Crippen LogP contribution in [0.1, 0.15) is 5.56 Å². The van der Waals surface area contributed by atoms with Crippen LogP contribution in [-0.4, -0.2) is 20.1 Å². The molecule has 0 aliphatic rings. The lowest BCUT2D eigenvalue weighted by atomic mass is 10.0. The molecule has 0 aromatic heterocycles. The monoisotopic (exact) mass is 272 g/mol. The predicted octanol–water partition coefficient (Wildman–Crippen LogP) is 2.75. The summed E-state index contributed by atoms with van der Waals surface area (Å²) in [6.07, 6.45) is 0. The molecule has 0 fully saturated rings. The molecule has 0 saturated carbocycles. The van der Waals surface area contributed by atoms with Crippen LogP contribution < -0.4 is 5.73 Å². The summed E-state index contributed by atoms with van der Waals surface area (Å²) in [6, 6.07) is 21.2. The number of nitrogens with one attached hydrogen (secondary N) is 1. The van der Waals surface area contributed by atoms with Gasteiger partial charge in [-0.1, -0.05) is 66.7 Å². The number of amidine groups is 1. The molecule has 0 heterocycles. The Labute approximate surface area is 119 Å². The minimum Gasteiger partial charge on any atom is -0.383 e. The lowest BCUT2D eigenvalue weighted by molar-refractivity contribution is -0.162. The molecule has 0 aliphatic carbocycles. The number of hydrogen-bond acceptors (Lipinski definition) is 3. The highest BCUT2D eigenvalue weighted by atomic mass is 16.7. The van der Waals surface area contributed by atoms with E-state index < -0.39 is 5.79 Å². The molecule has 0 atom stereocenters. The van der Waals surface area contributed by atoms with E-state index in [1.165, 1.54) is 14.2 Å². The van der Waals surface area contributed by atoms with Crippen molar-refractivity contribution in [3.8, 4) is 0 Å². The van der Waals surface area contributed by atoms with Gasteiger partial charge in [0.1, 0.15) is 0 Å². The number of hydrogen-bond donors (Lipinski definition) is 2. The minimum atomic E-state index is -1.26. The van der Waals surface area contributed by atoms with Gasteiger partial charge in [0, 0.05) is 19.8 Å². The van der Waals surface area contributed by atoms with Crippen LogP contribution in [0.25, 0.3) is 0 Å². The molecule has 0 radical (unpaired) electrons. The van der Waals surface area contributed by atoms with Gasteiger partial charge in [-0.2, -0.15) is 0 Å². The van der Waals surface area contributed by atoms with Gasteiger partial charge in [-0.3, -0.25) is 5.41 Å². The number of ether oxygens (including phenoxy) is 2. The molecule has 2 aromatic rings. The van der Waals surface area contributed by atoms with Crippen molar-refractivity contribution in [2.45, 2.75) is 5.79 Å². The van der Waals surface area contributed by atoms with E-state index in [-0.39, 0.29) is 5.84 Å². The van der Waals surface area contributed by atoms with Crippen LogP contribution in [0.5, 0.6) is 0 Å². The predicted molar refractivity (Wildman–Crippen MR) is 80.5 cm³/mol. The van der Waals surface area contributed by atoms with Crippen LogP contribution in [0.4, 0.5) is 0 Å². The van der Waals surface area contributed by atoms with Crippen molar-refractivity contribution >= 4 is 5.84 Å². The fraction of sp³-hybridized carbons (Fsp3) is 0.188. The smallest absolute Gasteiger partial charge is 0.254 e. The van der Waals surface area contributed by atoms with Gasteiger partial charge in [0.2, 0.25) is 0 Å². The zero-order valence-electron chi connectivity index (χ0n) is 11.7. The Balaban J connectivity index is 0.000000276. The molecule has 0 amide bonds. The molecule has 3 N–H and O–H groups in total. The van der Waals surface area contributed by atoms with Crippen LogP contribution >= 0.6 is 0 Å². The molecule has 2 rings (SSSR count). The van der Waals surface area contributed by atoms with Crippen molar-refractivity contribution in [2.24, 2.45) is 5.73 Å². The van der Waals surface area contributed by atoms with E-state index in [1.807, 2.05) is 54.6 Å². The molecule has 4 heteroatoms. The SMILES string of the molecule is COC(OC)(C(=N)N)c1ccccc1.c1ccccc1. The maximum atomic E-state index is 7.46. The van der Waals surface area contributed by atoms with E-state index in [2.05, 4.69) is 0 Å². The van der Waals surface area contributed by atoms with Crippen LogP contribution in [0.2, 0.25) is 0 Å². The van der Waals surface area contributed by atoms with E-state index in [9.17, 15) is 0 Å². The average Bonchev–Trinajstić information content (AvgIpc) is 2.52. The summed E-state index contributed by atoms with van der Waals surface area (Å²) < 4.78 is 10.3. The molecule has 2 aromatic carbocycles. The Morgan fingerprint density at radius 1 is 0.850 bits per heavy atom. The molecule has 0 spiro atoms. The third kappa shape index (κ3) is 3.91. The first-order valence-electron chi connectivity index (χ1n) is 6.17. The first kappa shape index (κ1) is 15.9. The molecule has 106 valence electrons. The van der Waals surface area contributed by atoms with Gasteiger partial charge in [0.15, 0.2) is 5.84 Å². The average molecular weight is 272 g/mol. The molecule has 20 heavy (non-hydrogen) atoms. The third-order valence-corrected chi connectivity index (χ3v) is 2.75. The minimum absolute atomic E-state index is 0.172. The summed E-state index contributed by atoms with van der Waals surface area (Å²) >= 11 is 0. The topological polar surface area (TPSA) is 68.3 Å². The molecular weight excluding hydrogens is 252 g/mol. The molecule has 0 aliphatic heterocycles. The Bertz CT molecular complexity index is 470. The number of rotatable bonds is 4. The van der Waals surface area contributed by atoms with E-state index in [4.69, 9.17) is 20.6 Å². The molecule has 0 saturated heterocycles. The highest BCUT2D eigenvalue weighted by Gasteiger charge is 2.35. The lowest BCUT2D eigenvalue weighted by Gasteiger charge is -2.29. The van der Waals surface area contributed by atoms with E-state index in [0.717, 1.165) is 0 Å². The van der Waals surface area contributed by atoms with Crippen molar-refractivity contribution in [1.29, 1.82) is 5.41 Å². The van der Waals surface area contributed by atoms with Crippen LogP contribution in [0.3, 0.4) is 0 Å².